The normalized spacial score (nSPS) is 6.83. The number of hydrogen-bond donors (Lipinski definition) is 0. The van der Waals surface area contributed by atoms with Gasteiger partial charge in [0.2, 0.25) is 0 Å². The van der Waals surface area contributed by atoms with Crippen LogP contribution in [0.3, 0.4) is 0 Å². The molecule has 0 aromatic heterocycles. The molecule has 0 amide bonds. The summed E-state index contributed by atoms with van der Waals surface area (Å²) < 4.78 is 4.79. The van der Waals surface area contributed by atoms with Crippen LogP contribution < -0.4 is 0 Å². The third-order valence-electron chi connectivity index (χ3n) is 1.05. The summed E-state index contributed by atoms with van der Waals surface area (Å²) in [4.78, 5) is 10.5. The highest BCUT2D eigenvalue weighted by molar-refractivity contribution is 5.86. The Morgan fingerprint density at radius 2 is 1.67 bits per heavy atom. The van der Waals surface area contributed by atoms with Crippen molar-refractivity contribution in [2.45, 2.75) is 33.1 Å². The quantitative estimate of drug-likeness (QED) is 0.557. The molecule has 0 spiro atoms. The van der Waals surface area contributed by atoms with Crippen LogP contribution in [0.25, 0.3) is 0 Å². The number of unbranched alkanes of at least 4 members (excludes halogenated alkanes) is 1. The Morgan fingerprint density at radius 1 is 1.17 bits per heavy atom. The Bertz CT molecular complexity index is 88.7. The maximum Gasteiger partial charge on any atom is 0.305 e. The highest BCUT2D eigenvalue weighted by Gasteiger charge is 1.94. The van der Waals surface area contributed by atoms with Crippen LogP contribution in [0.5, 0.6) is 0 Å². The van der Waals surface area contributed by atoms with Crippen LogP contribution in [0.15, 0.2) is 0 Å². The number of hydrogen-bond acceptors (Lipinski definition) is 2. The molecule has 0 aromatic carbocycles. The molecule has 0 saturated carbocycles. The van der Waals surface area contributed by atoms with Crippen molar-refractivity contribution in [2.75, 3.05) is 6.61 Å². The predicted octanol–water partition coefficient (Wildman–Crippen LogP) is 3.01. The summed E-state index contributed by atoms with van der Waals surface area (Å²) in [6, 6.07) is 0. The lowest BCUT2D eigenvalue weighted by atomic mass is 10.4. The molecule has 0 atom stereocenters. The molecule has 0 unspecified atom stereocenters. The lowest BCUT2D eigenvalue weighted by molar-refractivity contribution is -0.143. The molecule has 0 aliphatic rings. The van der Waals surface area contributed by atoms with Crippen molar-refractivity contribution >= 4 is 43.2 Å². The minimum absolute atomic E-state index is 0. The number of halogens is 3. The van der Waals surface area contributed by atoms with Gasteiger partial charge >= 0.3 is 5.97 Å². The van der Waals surface area contributed by atoms with E-state index in [-0.39, 0.29) is 43.2 Å². The van der Waals surface area contributed by atoms with Crippen molar-refractivity contribution in [1.82, 2.24) is 0 Å². The largest absolute Gasteiger partial charge is 0.466 e. The van der Waals surface area contributed by atoms with Crippen LogP contribution in [0.4, 0.5) is 0 Å². The topological polar surface area (TPSA) is 26.3 Å². The van der Waals surface area contributed by atoms with Gasteiger partial charge in [-0.05, 0) is 6.42 Å². The summed E-state index contributed by atoms with van der Waals surface area (Å²) in [5.41, 5.74) is 0. The molecule has 0 heterocycles. The monoisotopic (exact) mass is 238 g/mol. The van der Waals surface area contributed by atoms with Gasteiger partial charge in [-0.1, -0.05) is 20.3 Å². The average molecular weight is 240 g/mol. The smallest absolute Gasteiger partial charge is 0.305 e. The predicted molar refractivity (Wildman–Crippen MR) is 57.9 cm³/mol. The molecular formula is C7H17Cl3O2. The first kappa shape index (κ1) is 22.8. The molecule has 12 heavy (non-hydrogen) atoms. The van der Waals surface area contributed by atoms with E-state index in [0.717, 1.165) is 12.8 Å². The van der Waals surface area contributed by atoms with E-state index < -0.39 is 0 Å². The Balaban J connectivity index is -0.000000107. The average Bonchev–Trinajstić information content (AvgIpc) is 1.89. The van der Waals surface area contributed by atoms with E-state index in [4.69, 9.17) is 4.74 Å². The summed E-state index contributed by atoms with van der Waals surface area (Å²) in [5.74, 6) is -0.0940. The van der Waals surface area contributed by atoms with Gasteiger partial charge in [0.25, 0.3) is 0 Å². The van der Waals surface area contributed by atoms with Crippen molar-refractivity contribution in [1.29, 1.82) is 0 Å². The fourth-order valence-corrected chi connectivity index (χ4v) is 0.432. The summed E-state index contributed by atoms with van der Waals surface area (Å²) >= 11 is 0. The third-order valence-corrected chi connectivity index (χ3v) is 1.05. The minimum Gasteiger partial charge on any atom is -0.466 e. The van der Waals surface area contributed by atoms with E-state index in [9.17, 15) is 4.79 Å². The number of esters is 1. The van der Waals surface area contributed by atoms with Crippen molar-refractivity contribution in [2.24, 2.45) is 0 Å². The first-order chi connectivity index (χ1) is 4.31. The Hall–Kier alpha value is 0.340. The number of carbonyl (C=O) groups is 1. The van der Waals surface area contributed by atoms with Crippen molar-refractivity contribution in [3.63, 3.8) is 0 Å². The highest BCUT2D eigenvalue weighted by atomic mass is 35.5. The zero-order valence-corrected chi connectivity index (χ0v) is 9.82. The SMILES string of the molecule is CCCCOC(=O)CC.Cl.Cl.Cl. The van der Waals surface area contributed by atoms with Gasteiger partial charge in [-0.3, -0.25) is 4.79 Å². The first-order valence-corrected chi connectivity index (χ1v) is 3.46. The van der Waals surface area contributed by atoms with Crippen LogP contribution in [0, 0.1) is 0 Å². The fourth-order valence-electron chi connectivity index (χ4n) is 0.432. The summed E-state index contributed by atoms with van der Waals surface area (Å²) in [6.45, 7) is 4.46. The van der Waals surface area contributed by atoms with Crippen LogP contribution in [0.2, 0.25) is 0 Å². The number of rotatable bonds is 4. The molecule has 0 radical (unpaired) electrons. The van der Waals surface area contributed by atoms with Crippen molar-refractivity contribution < 1.29 is 9.53 Å². The van der Waals surface area contributed by atoms with Gasteiger partial charge in [-0.15, -0.1) is 37.2 Å². The molecule has 0 aromatic rings. The molecule has 0 aliphatic heterocycles. The van der Waals surface area contributed by atoms with E-state index in [0.29, 0.717) is 13.0 Å². The van der Waals surface area contributed by atoms with Gasteiger partial charge in [0, 0.05) is 6.42 Å². The second-order valence-corrected chi connectivity index (χ2v) is 1.93. The molecule has 5 heteroatoms. The summed E-state index contributed by atoms with van der Waals surface area (Å²) in [6.07, 6.45) is 2.55. The Kier molecular flexibility index (Phi) is 33.1. The van der Waals surface area contributed by atoms with Crippen LogP contribution in [-0.4, -0.2) is 12.6 Å². The zero-order chi connectivity index (χ0) is 7.11. The molecule has 0 aliphatic carbocycles. The summed E-state index contributed by atoms with van der Waals surface area (Å²) in [5, 5.41) is 0. The highest BCUT2D eigenvalue weighted by Crippen LogP contribution is 1.90. The first-order valence-electron chi connectivity index (χ1n) is 3.46. The van der Waals surface area contributed by atoms with E-state index in [1.807, 2.05) is 0 Å². The van der Waals surface area contributed by atoms with E-state index in [1.165, 1.54) is 0 Å². The molecule has 0 rings (SSSR count). The zero-order valence-electron chi connectivity index (χ0n) is 7.37. The maximum atomic E-state index is 10.5. The van der Waals surface area contributed by atoms with Gasteiger partial charge in [0.05, 0.1) is 6.61 Å². The number of ether oxygens (including phenoxy) is 1. The van der Waals surface area contributed by atoms with E-state index in [1.54, 1.807) is 6.92 Å². The molecule has 0 N–H and O–H groups in total. The van der Waals surface area contributed by atoms with Crippen molar-refractivity contribution in [3.05, 3.63) is 0 Å². The van der Waals surface area contributed by atoms with Crippen LogP contribution >= 0.6 is 37.2 Å². The molecule has 0 saturated heterocycles. The Morgan fingerprint density at radius 3 is 2.00 bits per heavy atom. The summed E-state index contributed by atoms with van der Waals surface area (Å²) in [7, 11) is 0. The standard InChI is InChI=1S/C7H14O2.3ClH/c1-3-5-6-9-7(8)4-2;;;/h3-6H2,1-2H3;3*1H. The molecule has 78 valence electrons. The van der Waals surface area contributed by atoms with Gasteiger partial charge in [0.1, 0.15) is 0 Å². The fraction of sp³-hybridized carbons (Fsp3) is 0.857. The second-order valence-electron chi connectivity index (χ2n) is 1.93. The molecule has 2 nitrogen and oxygen atoms in total. The van der Waals surface area contributed by atoms with Crippen LogP contribution in [-0.2, 0) is 9.53 Å². The number of carbonyl (C=O) groups excluding carboxylic acids is 1. The van der Waals surface area contributed by atoms with E-state index >= 15 is 0 Å². The lowest BCUT2D eigenvalue weighted by Gasteiger charge is -1.99. The lowest BCUT2D eigenvalue weighted by Crippen LogP contribution is -2.02. The van der Waals surface area contributed by atoms with Gasteiger partial charge in [-0.2, -0.15) is 0 Å². The van der Waals surface area contributed by atoms with Crippen LogP contribution in [0.1, 0.15) is 33.1 Å². The second kappa shape index (κ2) is 17.4. The van der Waals surface area contributed by atoms with Gasteiger partial charge in [0.15, 0.2) is 0 Å². The van der Waals surface area contributed by atoms with Gasteiger partial charge < -0.3 is 4.74 Å². The maximum absolute atomic E-state index is 10.5. The Labute approximate surface area is 92.7 Å². The van der Waals surface area contributed by atoms with Gasteiger partial charge in [-0.25, -0.2) is 0 Å². The molecule has 0 fully saturated rings. The minimum atomic E-state index is -0.0940. The third kappa shape index (κ3) is 16.7. The molecular weight excluding hydrogens is 222 g/mol. The molecule has 0 bridgehead atoms. The van der Waals surface area contributed by atoms with E-state index in [2.05, 4.69) is 6.92 Å². The van der Waals surface area contributed by atoms with Crippen molar-refractivity contribution in [3.8, 4) is 0 Å².